The minimum atomic E-state index is -0.248. The highest BCUT2D eigenvalue weighted by Crippen LogP contribution is 2.07. The van der Waals surface area contributed by atoms with E-state index in [1.807, 2.05) is 0 Å². The van der Waals surface area contributed by atoms with Crippen molar-refractivity contribution in [2.75, 3.05) is 18.9 Å². The van der Waals surface area contributed by atoms with Crippen molar-refractivity contribution >= 4 is 11.7 Å². The smallest absolute Gasteiger partial charge is 0.252 e. The Balaban J connectivity index is 1.87. The summed E-state index contributed by atoms with van der Waals surface area (Å²) in [6, 6.07) is 9.97. The minimum absolute atomic E-state index is 0.212. The average Bonchev–Trinajstić information content (AvgIpc) is 2.49. The molecule has 0 fully saturated rings. The molecular weight excluding hydrogens is 257 g/mol. The number of carbonyl (C=O) groups excluding carboxylic acids is 1. The second-order valence-electron chi connectivity index (χ2n) is 4.28. The van der Waals surface area contributed by atoms with Gasteiger partial charge in [0.25, 0.3) is 5.91 Å². The molecule has 0 spiro atoms. The normalized spacial score (nSPS) is 10.1. The lowest BCUT2D eigenvalue weighted by Crippen LogP contribution is -2.26. The van der Waals surface area contributed by atoms with Crippen LogP contribution in [0.15, 0.2) is 42.6 Å². The molecular formula is C15H16FN3O. The van der Waals surface area contributed by atoms with E-state index in [4.69, 9.17) is 0 Å². The zero-order valence-corrected chi connectivity index (χ0v) is 11.2. The van der Waals surface area contributed by atoms with E-state index in [9.17, 15) is 9.18 Å². The summed E-state index contributed by atoms with van der Waals surface area (Å²) in [5.74, 6) is 0.242. The van der Waals surface area contributed by atoms with Gasteiger partial charge in [-0.2, -0.15) is 0 Å². The number of halogens is 1. The third kappa shape index (κ3) is 3.54. The van der Waals surface area contributed by atoms with Crippen LogP contribution in [0.4, 0.5) is 10.2 Å². The Bertz CT molecular complexity index is 584. The summed E-state index contributed by atoms with van der Waals surface area (Å²) in [7, 11) is 1.76. The monoisotopic (exact) mass is 273 g/mol. The molecule has 0 unspecified atom stereocenters. The lowest BCUT2D eigenvalue weighted by atomic mass is 10.1. The number of amides is 1. The molecule has 0 radical (unpaired) electrons. The van der Waals surface area contributed by atoms with Crippen molar-refractivity contribution in [1.82, 2.24) is 10.3 Å². The molecule has 0 aliphatic rings. The molecule has 5 heteroatoms. The van der Waals surface area contributed by atoms with Crippen LogP contribution in [0.5, 0.6) is 0 Å². The van der Waals surface area contributed by atoms with E-state index >= 15 is 0 Å². The highest BCUT2D eigenvalue weighted by molar-refractivity contribution is 5.94. The van der Waals surface area contributed by atoms with Gasteiger partial charge in [0.2, 0.25) is 0 Å². The second-order valence-corrected chi connectivity index (χ2v) is 4.28. The summed E-state index contributed by atoms with van der Waals surface area (Å²) in [6.07, 6.45) is 1.96. The summed E-state index contributed by atoms with van der Waals surface area (Å²) < 4.78 is 13.4. The number of hydrogen-bond acceptors (Lipinski definition) is 3. The van der Waals surface area contributed by atoms with E-state index in [-0.39, 0.29) is 11.7 Å². The van der Waals surface area contributed by atoms with E-state index < -0.39 is 0 Å². The first-order chi connectivity index (χ1) is 9.70. The van der Waals surface area contributed by atoms with E-state index in [0.29, 0.717) is 29.9 Å². The molecule has 2 aromatic rings. The highest BCUT2D eigenvalue weighted by Gasteiger charge is 2.06. The van der Waals surface area contributed by atoms with Gasteiger partial charge >= 0.3 is 0 Å². The average molecular weight is 273 g/mol. The number of carbonyl (C=O) groups is 1. The predicted molar refractivity (Wildman–Crippen MR) is 76.2 cm³/mol. The first kappa shape index (κ1) is 14.0. The molecule has 0 aliphatic carbocycles. The van der Waals surface area contributed by atoms with E-state index in [0.717, 1.165) is 0 Å². The molecule has 2 rings (SSSR count). The maximum Gasteiger partial charge on any atom is 0.252 e. The lowest BCUT2D eigenvalue weighted by Gasteiger charge is -2.06. The van der Waals surface area contributed by atoms with Gasteiger partial charge < -0.3 is 10.6 Å². The minimum Gasteiger partial charge on any atom is -0.373 e. The number of aromatic nitrogens is 1. The van der Waals surface area contributed by atoms with Crippen LogP contribution < -0.4 is 10.6 Å². The Morgan fingerprint density at radius 1 is 1.25 bits per heavy atom. The van der Waals surface area contributed by atoms with Gasteiger partial charge in [0.05, 0.1) is 5.56 Å². The van der Waals surface area contributed by atoms with Gasteiger partial charge in [0, 0.05) is 19.8 Å². The van der Waals surface area contributed by atoms with Crippen molar-refractivity contribution in [2.45, 2.75) is 6.42 Å². The van der Waals surface area contributed by atoms with Gasteiger partial charge in [-0.15, -0.1) is 0 Å². The van der Waals surface area contributed by atoms with E-state index in [1.54, 1.807) is 37.4 Å². The van der Waals surface area contributed by atoms with Gasteiger partial charge in [0.15, 0.2) is 0 Å². The summed E-state index contributed by atoms with van der Waals surface area (Å²) in [4.78, 5) is 15.9. The first-order valence-electron chi connectivity index (χ1n) is 6.36. The molecule has 1 aromatic heterocycles. The fourth-order valence-corrected chi connectivity index (χ4v) is 1.79. The van der Waals surface area contributed by atoms with Gasteiger partial charge in [-0.3, -0.25) is 4.79 Å². The van der Waals surface area contributed by atoms with Crippen LogP contribution >= 0.6 is 0 Å². The molecule has 1 amide bonds. The highest BCUT2D eigenvalue weighted by atomic mass is 19.1. The third-order valence-corrected chi connectivity index (χ3v) is 2.92. The Hall–Kier alpha value is -2.43. The quantitative estimate of drug-likeness (QED) is 0.878. The molecule has 0 bridgehead atoms. The SMILES string of the molecule is CNc1ccc(C(=O)NCCc2ccccc2F)cn1. The van der Waals surface area contributed by atoms with Crippen LogP contribution in [-0.2, 0) is 6.42 Å². The number of benzene rings is 1. The summed E-state index contributed by atoms with van der Waals surface area (Å²) in [5, 5.41) is 5.63. The van der Waals surface area contributed by atoms with Crippen LogP contribution in [0.25, 0.3) is 0 Å². The Labute approximate surface area is 117 Å². The zero-order chi connectivity index (χ0) is 14.4. The fourth-order valence-electron chi connectivity index (χ4n) is 1.79. The standard InChI is InChI=1S/C15H16FN3O/c1-17-14-7-6-12(10-19-14)15(20)18-9-8-11-4-2-3-5-13(11)16/h2-7,10H,8-9H2,1H3,(H,17,19)(H,18,20). The Kier molecular flexibility index (Phi) is 4.65. The lowest BCUT2D eigenvalue weighted by molar-refractivity contribution is 0.0953. The predicted octanol–water partition coefficient (Wildman–Crippen LogP) is 2.23. The molecule has 20 heavy (non-hydrogen) atoms. The fraction of sp³-hybridized carbons (Fsp3) is 0.200. The summed E-state index contributed by atoms with van der Waals surface area (Å²) >= 11 is 0. The van der Waals surface area contributed by atoms with Crippen molar-refractivity contribution in [3.8, 4) is 0 Å². The van der Waals surface area contributed by atoms with Crippen molar-refractivity contribution in [1.29, 1.82) is 0 Å². The van der Waals surface area contributed by atoms with Crippen LogP contribution in [-0.4, -0.2) is 24.5 Å². The zero-order valence-electron chi connectivity index (χ0n) is 11.2. The van der Waals surface area contributed by atoms with Gasteiger partial charge in [-0.25, -0.2) is 9.37 Å². The van der Waals surface area contributed by atoms with Crippen molar-refractivity contribution in [3.63, 3.8) is 0 Å². The molecule has 1 aromatic carbocycles. The number of hydrogen-bond donors (Lipinski definition) is 2. The maximum absolute atomic E-state index is 13.4. The van der Waals surface area contributed by atoms with Crippen molar-refractivity contribution in [2.24, 2.45) is 0 Å². The molecule has 0 saturated heterocycles. The second kappa shape index (κ2) is 6.65. The number of rotatable bonds is 5. The van der Waals surface area contributed by atoms with Gasteiger partial charge in [-0.1, -0.05) is 18.2 Å². The molecule has 104 valence electrons. The van der Waals surface area contributed by atoms with Crippen LogP contribution in [0.3, 0.4) is 0 Å². The Morgan fingerprint density at radius 2 is 2.05 bits per heavy atom. The molecule has 0 aliphatic heterocycles. The maximum atomic E-state index is 13.4. The van der Waals surface area contributed by atoms with Crippen LogP contribution in [0.1, 0.15) is 15.9 Å². The Morgan fingerprint density at radius 3 is 2.70 bits per heavy atom. The number of nitrogens with zero attached hydrogens (tertiary/aromatic N) is 1. The first-order valence-corrected chi connectivity index (χ1v) is 6.36. The van der Waals surface area contributed by atoms with Crippen LogP contribution in [0, 0.1) is 5.82 Å². The van der Waals surface area contributed by atoms with Crippen molar-refractivity contribution < 1.29 is 9.18 Å². The molecule has 2 N–H and O–H groups in total. The summed E-state index contributed by atoms with van der Waals surface area (Å²) in [5.41, 5.74) is 1.08. The van der Waals surface area contributed by atoms with Gasteiger partial charge in [0.1, 0.15) is 11.6 Å². The number of nitrogens with one attached hydrogen (secondary N) is 2. The van der Waals surface area contributed by atoms with Gasteiger partial charge in [-0.05, 0) is 30.2 Å². The molecule has 0 saturated carbocycles. The van der Waals surface area contributed by atoms with Crippen molar-refractivity contribution in [3.05, 3.63) is 59.5 Å². The van der Waals surface area contributed by atoms with E-state index in [2.05, 4.69) is 15.6 Å². The largest absolute Gasteiger partial charge is 0.373 e. The number of pyridine rings is 1. The topological polar surface area (TPSA) is 54.0 Å². The molecule has 1 heterocycles. The van der Waals surface area contributed by atoms with Crippen LogP contribution in [0.2, 0.25) is 0 Å². The molecule has 0 atom stereocenters. The van der Waals surface area contributed by atoms with E-state index in [1.165, 1.54) is 12.3 Å². The molecule has 4 nitrogen and oxygen atoms in total. The summed E-state index contributed by atoms with van der Waals surface area (Å²) in [6.45, 7) is 0.382. The number of anilines is 1. The third-order valence-electron chi connectivity index (χ3n) is 2.92.